The van der Waals surface area contributed by atoms with Crippen LogP contribution in [0.5, 0.6) is 0 Å². The summed E-state index contributed by atoms with van der Waals surface area (Å²) in [5, 5.41) is 0. The lowest BCUT2D eigenvalue weighted by Gasteiger charge is -2.19. The summed E-state index contributed by atoms with van der Waals surface area (Å²) in [5.41, 5.74) is 5.41. The third-order valence-corrected chi connectivity index (χ3v) is 17.9. The fourth-order valence-corrected chi connectivity index (χ4v) is 11.8. The Morgan fingerprint density at radius 3 is 0.845 bits per heavy atom. The van der Waals surface area contributed by atoms with Crippen molar-refractivity contribution in [3.63, 3.8) is 0 Å². The van der Waals surface area contributed by atoms with Gasteiger partial charge in [-0.15, -0.1) is 0 Å². The predicted octanol–water partition coefficient (Wildman–Crippen LogP) is 27.1. The van der Waals surface area contributed by atoms with Gasteiger partial charge in [0.2, 0.25) is 0 Å². The number of hydrogen-bond donors (Lipinski definition) is 2. The maximum absolute atomic E-state index is 12.8. The van der Waals surface area contributed by atoms with Gasteiger partial charge in [-0.05, 0) is 128 Å². The molecule has 97 heavy (non-hydrogen) atoms. The molecule has 0 rings (SSSR count). The highest BCUT2D eigenvalue weighted by molar-refractivity contribution is 7.47. The molecule has 0 aromatic rings. The molecule has 2 unspecified atom stereocenters. The molecule has 2 atom stereocenters. The Morgan fingerprint density at radius 1 is 0.320 bits per heavy atom. The number of rotatable bonds is 74. The van der Waals surface area contributed by atoms with Crippen LogP contribution in [0.4, 0.5) is 0 Å². The number of phosphoric acid groups is 1. The van der Waals surface area contributed by atoms with E-state index >= 15 is 0 Å². The van der Waals surface area contributed by atoms with Gasteiger partial charge in [-0.1, -0.05) is 364 Å². The van der Waals surface area contributed by atoms with Crippen molar-refractivity contribution < 1.29 is 37.6 Å². The molecule has 0 fully saturated rings. The van der Waals surface area contributed by atoms with E-state index in [1.54, 1.807) is 0 Å². The molecule has 0 saturated carbocycles. The van der Waals surface area contributed by atoms with Crippen LogP contribution in [0.3, 0.4) is 0 Å². The van der Waals surface area contributed by atoms with Gasteiger partial charge >= 0.3 is 19.8 Å². The molecule has 3 N–H and O–H groups in total. The lowest BCUT2D eigenvalue weighted by Crippen LogP contribution is -2.29. The second-order valence-corrected chi connectivity index (χ2v) is 27.7. The summed E-state index contributed by atoms with van der Waals surface area (Å²) < 4.78 is 33.3. The van der Waals surface area contributed by atoms with Crippen molar-refractivity contribution in [3.05, 3.63) is 158 Å². The number of carbonyl (C=O) groups excluding carboxylic acids is 2. The van der Waals surface area contributed by atoms with Crippen LogP contribution in [-0.2, 0) is 32.7 Å². The maximum atomic E-state index is 12.8. The molecule has 0 radical (unpaired) electrons. The van der Waals surface area contributed by atoms with E-state index in [1.807, 2.05) is 0 Å². The Kier molecular flexibility index (Phi) is 77.0. The Labute approximate surface area is 598 Å². The number of ether oxygens (including phenoxy) is 2. The second kappa shape index (κ2) is 80.6. The summed E-state index contributed by atoms with van der Waals surface area (Å²) in [4.78, 5) is 35.5. The van der Waals surface area contributed by atoms with Crippen LogP contribution in [0.1, 0.15) is 348 Å². The summed E-state index contributed by atoms with van der Waals surface area (Å²) in [5.74, 6) is -0.837. The SMILES string of the molecule is CC/C=C\C/C=C\C/C=C\C/C=C\C/C=C\C/C=C\C/C=C\C/C=C\C/C=C\C/C=C\C/C=C\CCCCCCCCCC(=O)OC(COC(=O)CCCCCCCCCCCCCCCCCCCCCCCCC/C=C\C/C=C\CCCCCCC)COP(=O)(O)OCCN. The van der Waals surface area contributed by atoms with Crippen molar-refractivity contribution >= 4 is 19.8 Å². The van der Waals surface area contributed by atoms with E-state index in [-0.39, 0.29) is 38.6 Å². The zero-order valence-electron chi connectivity index (χ0n) is 62.5. The molecule has 554 valence electrons. The number of hydrogen-bond acceptors (Lipinski definition) is 8. The van der Waals surface area contributed by atoms with Crippen molar-refractivity contribution in [2.24, 2.45) is 5.73 Å². The molecule has 9 nitrogen and oxygen atoms in total. The van der Waals surface area contributed by atoms with Crippen LogP contribution in [0.2, 0.25) is 0 Å². The first-order chi connectivity index (χ1) is 47.8. The molecule has 0 aromatic heterocycles. The summed E-state index contributed by atoms with van der Waals surface area (Å²) in [7, 11) is -4.41. The number of allylic oxidation sites excluding steroid dienone is 26. The normalized spacial score (nSPS) is 13.7. The van der Waals surface area contributed by atoms with Crippen LogP contribution in [-0.4, -0.2) is 49.3 Å². The zero-order chi connectivity index (χ0) is 70.0. The van der Waals surface area contributed by atoms with E-state index in [1.165, 1.54) is 186 Å². The molecular weight excluding hydrogens is 1220 g/mol. The molecule has 0 aliphatic carbocycles. The standard InChI is InChI=1S/C87H148NO8P/c1-3-5-7-9-11-13-15-17-19-21-23-25-27-29-31-33-35-37-39-40-41-42-43-44-46-48-50-52-54-56-58-60-62-64-66-68-70-72-74-76-78-80-87(90)96-85(84-95-97(91,92)94-82-81-88)83-93-86(89)79-77-75-73-71-69-67-65-63-61-59-57-55-53-51-49-47-45-38-36-34-32-30-28-26-24-22-20-18-16-14-12-10-8-6-4-2/h5,7,11,13,16-19,22-25,29,31,35,37,40-41,43-44,48,50,54,56,60,62,85H,3-4,6,8-10,12,14-15,20-21,26-28,30,32-34,36,38-39,42,45-47,49,51-53,55,57-59,61,63-84,88H2,1-2H3,(H,91,92)/b7-5-,13-11-,18-16-,19-17-,24-22-,25-23-,31-29-,37-35-,41-40-,44-43-,50-48-,56-54-,62-60-. The molecule has 0 aromatic carbocycles. The van der Waals surface area contributed by atoms with Gasteiger partial charge in [-0.25, -0.2) is 4.57 Å². The third kappa shape index (κ3) is 80.5. The predicted molar refractivity (Wildman–Crippen MR) is 422 cm³/mol. The van der Waals surface area contributed by atoms with Crippen molar-refractivity contribution in [1.82, 2.24) is 0 Å². The van der Waals surface area contributed by atoms with E-state index in [9.17, 15) is 19.0 Å². The highest BCUT2D eigenvalue weighted by Gasteiger charge is 2.26. The summed E-state index contributed by atoms with van der Waals surface area (Å²) in [6, 6.07) is 0. The van der Waals surface area contributed by atoms with Gasteiger partial charge in [0, 0.05) is 19.4 Å². The van der Waals surface area contributed by atoms with Gasteiger partial charge in [-0.2, -0.15) is 0 Å². The summed E-state index contributed by atoms with van der Waals surface area (Å²) >= 11 is 0. The van der Waals surface area contributed by atoms with E-state index < -0.39 is 26.5 Å². The van der Waals surface area contributed by atoms with E-state index in [2.05, 4.69) is 172 Å². The van der Waals surface area contributed by atoms with Gasteiger partial charge in [0.05, 0.1) is 13.2 Å². The summed E-state index contributed by atoms with van der Waals surface area (Å²) in [6.45, 7) is 3.63. The Balaban J connectivity index is 3.90. The molecule has 0 heterocycles. The van der Waals surface area contributed by atoms with Crippen LogP contribution >= 0.6 is 7.82 Å². The first-order valence-electron chi connectivity index (χ1n) is 40.0. The molecule has 0 amide bonds. The quantitative estimate of drug-likeness (QED) is 0.0264. The van der Waals surface area contributed by atoms with Crippen LogP contribution in [0.15, 0.2) is 158 Å². The maximum Gasteiger partial charge on any atom is 0.472 e. The fourth-order valence-electron chi connectivity index (χ4n) is 11.0. The van der Waals surface area contributed by atoms with Crippen LogP contribution in [0, 0.1) is 0 Å². The van der Waals surface area contributed by atoms with Crippen molar-refractivity contribution in [2.75, 3.05) is 26.4 Å². The number of esters is 2. The Morgan fingerprint density at radius 2 is 0.567 bits per heavy atom. The lowest BCUT2D eigenvalue weighted by atomic mass is 10.0. The molecule has 0 aliphatic heterocycles. The average molecular weight is 1370 g/mol. The lowest BCUT2D eigenvalue weighted by molar-refractivity contribution is -0.161. The number of nitrogens with two attached hydrogens (primary N) is 1. The Hall–Kier alpha value is -4.37. The number of phosphoric ester groups is 1. The molecule has 0 aliphatic rings. The van der Waals surface area contributed by atoms with Gasteiger partial charge in [0.25, 0.3) is 0 Å². The molecule has 10 heteroatoms. The highest BCUT2D eigenvalue weighted by atomic mass is 31.2. The van der Waals surface area contributed by atoms with E-state index in [0.29, 0.717) is 6.42 Å². The molecule has 0 spiro atoms. The number of carbonyl (C=O) groups is 2. The highest BCUT2D eigenvalue weighted by Crippen LogP contribution is 2.43. The molecule has 0 saturated heterocycles. The Bertz CT molecular complexity index is 2160. The first kappa shape index (κ1) is 92.6. The first-order valence-corrected chi connectivity index (χ1v) is 41.5. The van der Waals surface area contributed by atoms with E-state index in [4.69, 9.17) is 24.3 Å². The molecule has 0 bridgehead atoms. The average Bonchev–Trinajstić information content (AvgIpc) is 2.57. The van der Waals surface area contributed by atoms with Crippen molar-refractivity contribution in [2.45, 2.75) is 354 Å². The van der Waals surface area contributed by atoms with Crippen molar-refractivity contribution in [1.29, 1.82) is 0 Å². The van der Waals surface area contributed by atoms with Gasteiger partial charge in [-0.3, -0.25) is 18.6 Å². The number of unbranched alkanes of at least 4 members (excludes halogenated alkanes) is 35. The second-order valence-electron chi connectivity index (χ2n) is 26.2. The minimum absolute atomic E-state index is 0.0457. The van der Waals surface area contributed by atoms with Gasteiger partial charge < -0.3 is 20.1 Å². The monoisotopic (exact) mass is 1370 g/mol. The topological polar surface area (TPSA) is 134 Å². The van der Waals surface area contributed by atoms with Crippen LogP contribution < -0.4 is 5.73 Å². The smallest absolute Gasteiger partial charge is 0.462 e. The summed E-state index contributed by atoms with van der Waals surface area (Å²) in [6.07, 6.45) is 118. The fraction of sp³-hybridized carbons (Fsp3) is 0.678. The van der Waals surface area contributed by atoms with Crippen LogP contribution in [0.25, 0.3) is 0 Å². The van der Waals surface area contributed by atoms with Crippen molar-refractivity contribution in [3.8, 4) is 0 Å². The van der Waals surface area contributed by atoms with E-state index in [0.717, 1.165) is 128 Å². The third-order valence-electron chi connectivity index (χ3n) is 16.9. The van der Waals surface area contributed by atoms with Gasteiger partial charge in [0.1, 0.15) is 6.61 Å². The van der Waals surface area contributed by atoms with Gasteiger partial charge in [0.15, 0.2) is 6.10 Å². The molecular formula is C87H148NO8P. The minimum atomic E-state index is -4.41. The minimum Gasteiger partial charge on any atom is -0.462 e. The largest absolute Gasteiger partial charge is 0.472 e. The zero-order valence-corrected chi connectivity index (χ0v) is 63.4.